The first-order valence-corrected chi connectivity index (χ1v) is 8.95. The molecule has 6 heteroatoms. The smallest absolute Gasteiger partial charge is 0.262 e. The molecule has 1 N–H and O–H groups in total. The van der Waals surface area contributed by atoms with Gasteiger partial charge in [-0.15, -0.1) is 23.1 Å². The lowest BCUT2D eigenvalue weighted by atomic mass is 10.2. The molecule has 4 nitrogen and oxygen atoms in total. The number of hydrogen-bond acceptors (Lipinski definition) is 5. The molecule has 1 heterocycles. The quantitative estimate of drug-likeness (QED) is 0.592. The number of rotatable bonds is 8. The Morgan fingerprint density at radius 3 is 2.95 bits per heavy atom. The van der Waals surface area contributed by atoms with Gasteiger partial charge in [0.2, 0.25) is 0 Å². The van der Waals surface area contributed by atoms with Crippen LogP contribution in [-0.4, -0.2) is 32.5 Å². The predicted molar refractivity (Wildman–Crippen MR) is 91.1 cm³/mol. The van der Waals surface area contributed by atoms with Crippen LogP contribution in [0.15, 0.2) is 40.6 Å². The molecule has 0 fully saturated rings. The largest absolute Gasteiger partial charge is 0.491 e. The standard InChI is InChI=1S/C16H19NO3S2/c1-19-7-8-20-13-5-3-4-12(10-13)11-17-16(18)15-14(21-2)6-9-22-15/h3-6,9-10H,7-8,11H2,1-2H3,(H,17,18). The lowest BCUT2D eigenvalue weighted by Gasteiger charge is -2.09. The van der Waals surface area contributed by atoms with Gasteiger partial charge in [-0.25, -0.2) is 0 Å². The van der Waals surface area contributed by atoms with Crippen LogP contribution in [0.1, 0.15) is 15.2 Å². The molecule has 0 aliphatic carbocycles. The molecule has 0 saturated carbocycles. The summed E-state index contributed by atoms with van der Waals surface area (Å²) >= 11 is 3.05. The molecule has 0 atom stereocenters. The zero-order valence-corrected chi connectivity index (χ0v) is 14.3. The first kappa shape index (κ1) is 16.9. The topological polar surface area (TPSA) is 47.6 Å². The Kier molecular flexibility index (Phi) is 6.76. The van der Waals surface area contributed by atoms with E-state index in [9.17, 15) is 4.79 Å². The lowest BCUT2D eigenvalue weighted by Crippen LogP contribution is -2.22. The van der Waals surface area contributed by atoms with Gasteiger partial charge in [-0.05, 0) is 35.4 Å². The van der Waals surface area contributed by atoms with E-state index in [-0.39, 0.29) is 5.91 Å². The van der Waals surface area contributed by atoms with Crippen LogP contribution in [0, 0.1) is 0 Å². The van der Waals surface area contributed by atoms with Crippen molar-refractivity contribution in [2.45, 2.75) is 11.4 Å². The summed E-state index contributed by atoms with van der Waals surface area (Å²) in [5, 5.41) is 4.88. The van der Waals surface area contributed by atoms with Crippen LogP contribution in [0.4, 0.5) is 0 Å². The van der Waals surface area contributed by atoms with Crippen LogP contribution in [0.25, 0.3) is 0 Å². The maximum absolute atomic E-state index is 12.2. The molecule has 0 unspecified atom stereocenters. The first-order valence-electron chi connectivity index (χ1n) is 6.85. The van der Waals surface area contributed by atoms with Crippen LogP contribution in [0.5, 0.6) is 5.75 Å². The molecular formula is C16H19NO3S2. The Bertz CT molecular complexity index is 613. The average molecular weight is 337 g/mol. The number of carbonyl (C=O) groups is 1. The Hall–Kier alpha value is -1.50. The van der Waals surface area contributed by atoms with Gasteiger partial charge in [0.25, 0.3) is 5.91 Å². The van der Waals surface area contributed by atoms with Gasteiger partial charge >= 0.3 is 0 Å². The van der Waals surface area contributed by atoms with Crippen molar-refractivity contribution < 1.29 is 14.3 Å². The van der Waals surface area contributed by atoms with E-state index in [4.69, 9.17) is 9.47 Å². The molecule has 1 aromatic carbocycles. The summed E-state index contributed by atoms with van der Waals surface area (Å²) in [5.74, 6) is 0.745. The fourth-order valence-corrected chi connectivity index (χ4v) is 3.54. The van der Waals surface area contributed by atoms with Crippen molar-refractivity contribution in [3.05, 3.63) is 46.2 Å². The van der Waals surface area contributed by atoms with E-state index in [1.165, 1.54) is 11.3 Å². The number of hydrogen-bond donors (Lipinski definition) is 1. The molecule has 1 amide bonds. The normalized spacial score (nSPS) is 10.5. The second-order valence-corrected chi connectivity index (χ2v) is 6.25. The van der Waals surface area contributed by atoms with Crippen molar-refractivity contribution in [2.24, 2.45) is 0 Å². The number of thioether (sulfide) groups is 1. The van der Waals surface area contributed by atoms with E-state index >= 15 is 0 Å². The number of methoxy groups -OCH3 is 1. The van der Waals surface area contributed by atoms with E-state index in [1.807, 2.05) is 42.0 Å². The second-order valence-electron chi connectivity index (χ2n) is 4.49. The van der Waals surface area contributed by atoms with Crippen LogP contribution < -0.4 is 10.1 Å². The number of carbonyl (C=O) groups excluding carboxylic acids is 1. The van der Waals surface area contributed by atoms with Gasteiger partial charge in [0, 0.05) is 18.6 Å². The highest BCUT2D eigenvalue weighted by Crippen LogP contribution is 2.25. The van der Waals surface area contributed by atoms with Crippen molar-refractivity contribution in [3.8, 4) is 5.75 Å². The molecule has 2 rings (SSSR count). The third kappa shape index (κ3) is 4.76. The first-order chi connectivity index (χ1) is 10.7. The molecule has 0 aliphatic rings. The minimum atomic E-state index is -0.0370. The van der Waals surface area contributed by atoms with Crippen molar-refractivity contribution in [3.63, 3.8) is 0 Å². The fourth-order valence-electron chi connectivity index (χ4n) is 1.87. The van der Waals surface area contributed by atoms with E-state index in [2.05, 4.69) is 5.32 Å². The number of amides is 1. The van der Waals surface area contributed by atoms with Gasteiger partial charge in [0.05, 0.1) is 6.61 Å². The van der Waals surface area contributed by atoms with Gasteiger partial charge in [-0.2, -0.15) is 0 Å². The van der Waals surface area contributed by atoms with E-state index in [1.54, 1.807) is 18.9 Å². The van der Waals surface area contributed by atoms with Crippen molar-refractivity contribution in [2.75, 3.05) is 26.6 Å². The van der Waals surface area contributed by atoms with Gasteiger partial charge < -0.3 is 14.8 Å². The van der Waals surface area contributed by atoms with Crippen LogP contribution in [0.3, 0.4) is 0 Å². The van der Waals surface area contributed by atoms with E-state index in [0.717, 1.165) is 21.1 Å². The molecule has 0 radical (unpaired) electrons. The molecule has 0 spiro atoms. The number of benzene rings is 1. The van der Waals surface area contributed by atoms with Crippen LogP contribution in [0.2, 0.25) is 0 Å². The number of nitrogens with one attached hydrogen (secondary N) is 1. The number of thiophene rings is 1. The minimum Gasteiger partial charge on any atom is -0.491 e. The van der Waals surface area contributed by atoms with Crippen LogP contribution in [-0.2, 0) is 11.3 Å². The third-order valence-corrected chi connectivity index (χ3v) is 4.79. The minimum absolute atomic E-state index is 0.0370. The molecule has 0 saturated heterocycles. The summed E-state index contributed by atoms with van der Waals surface area (Å²) in [6, 6.07) is 9.68. The summed E-state index contributed by atoms with van der Waals surface area (Å²) in [4.78, 5) is 14.0. The zero-order chi connectivity index (χ0) is 15.8. The summed E-state index contributed by atoms with van der Waals surface area (Å²) < 4.78 is 10.5. The van der Waals surface area contributed by atoms with Crippen LogP contribution >= 0.6 is 23.1 Å². The monoisotopic (exact) mass is 337 g/mol. The Balaban J connectivity index is 1.91. The summed E-state index contributed by atoms with van der Waals surface area (Å²) in [6.45, 7) is 1.54. The average Bonchev–Trinajstić information content (AvgIpc) is 3.02. The summed E-state index contributed by atoms with van der Waals surface area (Å²) in [5.41, 5.74) is 1.01. The van der Waals surface area contributed by atoms with E-state index in [0.29, 0.717) is 19.8 Å². The van der Waals surface area contributed by atoms with Crippen molar-refractivity contribution >= 4 is 29.0 Å². The molecule has 118 valence electrons. The van der Waals surface area contributed by atoms with E-state index < -0.39 is 0 Å². The zero-order valence-electron chi connectivity index (χ0n) is 12.6. The molecule has 0 bridgehead atoms. The van der Waals surface area contributed by atoms with Gasteiger partial charge in [0.1, 0.15) is 17.2 Å². The molecule has 1 aromatic heterocycles. The van der Waals surface area contributed by atoms with Gasteiger partial charge in [-0.3, -0.25) is 4.79 Å². The highest BCUT2D eigenvalue weighted by molar-refractivity contribution is 7.98. The Morgan fingerprint density at radius 2 is 2.18 bits per heavy atom. The second kappa shape index (κ2) is 8.82. The summed E-state index contributed by atoms with van der Waals surface area (Å²) in [6.07, 6.45) is 1.97. The highest BCUT2D eigenvalue weighted by Gasteiger charge is 2.12. The fraction of sp³-hybridized carbons (Fsp3) is 0.312. The van der Waals surface area contributed by atoms with Gasteiger partial charge in [0.15, 0.2) is 0 Å². The highest BCUT2D eigenvalue weighted by atomic mass is 32.2. The van der Waals surface area contributed by atoms with Crippen molar-refractivity contribution in [1.29, 1.82) is 0 Å². The lowest BCUT2D eigenvalue weighted by molar-refractivity contribution is 0.0952. The molecule has 2 aromatic rings. The molecular weight excluding hydrogens is 318 g/mol. The Labute approximate surface area is 138 Å². The number of ether oxygens (including phenoxy) is 2. The van der Waals surface area contributed by atoms with Crippen molar-refractivity contribution in [1.82, 2.24) is 5.32 Å². The Morgan fingerprint density at radius 1 is 1.32 bits per heavy atom. The predicted octanol–water partition coefficient (Wildman–Crippen LogP) is 3.43. The molecule has 0 aliphatic heterocycles. The van der Waals surface area contributed by atoms with Gasteiger partial charge in [-0.1, -0.05) is 12.1 Å². The maximum Gasteiger partial charge on any atom is 0.262 e. The maximum atomic E-state index is 12.2. The SMILES string of the molecule is COCCOc1cccc(CNC(=O)c2sccc2SC)c1. The summed E-state index contributed by atoms with van der Waals surface area (Å²) in [7, 11) is 1.64. The third-order valence-electron chi connectivity index (χ3n) is 2.96. The molecule has 22 heavy (non-hydrogen) atoms.